The predicted octanol–water partition coefficient (Wildman–Crippen LogP) is 1.55. The second kappa shape index (κ2) is 8.11. The monoisotopic (exact) mass is 298 g/mol. The van der Waals surface area contributed by atoms with E-state index in [4.69, 9.17) is 15.2 Å². The Kier molecular flexibility index (Phi) is 6.45. The Morgan fingerprint density at radius 2 is 1.90 bits per heavy atom. The zero-order valence-electron chi connectivity index (χ0n) is 13.3. The maximum absolute atomic E-state index is 12.7. The molecule has 0 aromatic heterocycles. The minimum atomic E-state index is -0.261. The molecule has 1 amide bonds. The third kappa shape index (κ3) is 4.18. The molecule has 0 radical (unpaired) electrons. The lowest BCUT2D eigenvalue weighted by Gasteiger charge is -2.38. The van der Waals surface area contributed by atoms with Crippen molar-refractivity contribution in [3.63, 3.8) is 0 Å². The molecule has 122 valence electrons. The van der Waals surface area contributed by atoms with Crippen molar-refractivity contribution < 1.29 is 14.3 Å². The molecule has 1 saturated heterocycles. The molecule has 2 aliphatic rings. The number of piperidine rings is 1. The Balaban J connectivity index is 1.74. The van der Waals surface area contributed by atoms with Gasteiger partial charge in [-0.2, -0.15) is 0 Å². The molecule has 0 aromatic rings. The van der Waals surface area contributed by atoms with Gasteiger partial charge in [-0.3, -0.25) is 4.79 Å². The molecule has 0 atom stereocenters. The van der Waals surface area contributed by atoms with Crippen molar-refractivity contribution in [3.8, 4) is 0 Å². The summed E-state index contributed by atoms with van der Waals surface area (Å²) in [6, 6.07) is 0. The van der Waals surface area contributed by atoms with E-state index in [-0.39, 0.29) is 17.4 Å². The molecule has 2 fully saturated rings. The number of carbonyl (C=O) groups excluding carboxylic acids is 1. The van der Waals surface area contributed by atoms with Crippen LogP contribution in [0.25, 0.3) is 0 Å². The van der Waals surface area contributed by atoms with Crippen LogP contribution in [0.2, 0.25) is 0 Å². The summed E-state index contributed by atoms with van der Waals surface area (Å²) < 4.78 is 11.1. The molecular formula is C16H30N2O3. The molecule has 21 heavy (non-hydrogen) atoms. The molecule has 1 saturated carbocycles. The molecule has 5 nitrogen and oxygen atoms in total. The van der Waals surface area contributed by atoms with Gasteiger partial charge in [-0.1, -0.05) is 12.8 Å². The van der Waals surface area contributed by atoms with Gasteiger partial charge >= 0.3 is 0 Å². The van der Waals surface area contributed by atoms with Crippen molar-refractivity contribution in [1.29, 1.82) is 0 Å². The van der Waals surface area contributed by atoms with Crippen LogP contribution in [-0.2, 0) is 14.3 Å². The van der Waals surface area contributed by atoms with Crippen LogP contribution < -0.4 is 5.73 Å². The van der Waals surface area contributed by atoms with Crippen LogP contribution in [0, 0.1) is 5.41 Å². The van der Waals surface area contributed by atoms with E-state index in [1.54, 1.807) is 0 Å². The molecule has 2 rings (SSSR count). The SMILES string of the molecule is CCOCCOC1CCN(C(=O)C2(CN)CCCC2)CC1. The molecule has 1 heterocycles. The number of hydrogen-bond acceptors (Lipinski definition) is 4. The van der Waals surface area contributed by atoms with Gasteiger partial charge in [0.25, 0.3) is 0 Å². The fraction of sp³-hybridized carbons (Fsp3) is 0.938. The average molecular weight is 298 g/mol. The Morgan fingerprint density at radius 3 is 2.48 bits per heavy atom. The molecule has 2 N–H and O–H groups in total. The van der Waals surface area contributed by atoms with Crippen LogP contribution in [0.5, 0.6) is 0 Å². The molecular weight excluding hydrogens is 268 g/mol. The highest BCUT2D eigenvalue weighted by Gasteiger charge is 2.42. The molecule has 0 spiro atoms. The third-order valence-electron chi connectivity index (χ3n) is 4.92. The van der Waals surface area contributed by atoms with Crippen LogP contribution in [0.3, 0.4) is 0 Å². The Morgan fingerprint density at radius 1 is 1.24 bits per heavy atom. The second-order valence-corrected chi connectivity index (χ2v) is 6.25. The quantitative estimate of drug-likeness (QED) is 0.724. The highest BCUT2D eigenvalue weighted by atomic mass is 16.5. The van der Waals surface area contributed by atoms with E-state index >= 15 is 0 Å². The molecule has 1 aliphatic heterocycles. The maximum Gasteiger partial charge on any atom is 0.230 e. The van der Waals surface area contributed by atoms with Crippen molar-refractivity contribution in [3.05, 3.63) is 0 Å². The molecule has 0 bridgehead atoms. The largest absolute Gasteiger partial charge is 0.379 e. The third-order valence-corrected chi connectivity index (χ3v) is 4.92. The van der Waals surface area contributed by atoms with Crippen LogP contribution in [0.15, 0.2) is 0 Å². The Bertz CT molecular complexity index is 321. The minimum absolute atomic E-state index is 0.261. The predicted molar refractivity (Wildman–Crippen MR) is 82.0 cm³/mol. The van der Waals surface area contributed by atoms with Gasteiger partial charge in [-0.05, 0) is 32.6 Å². The molecule has 0 unspecified atom stereocenters. The highest BCUT2D eigenvalue weighted by Crippen LogP contribution is 2.39. The van der Waals surface area contributed by atoms with Crippen molar-refractivity contribution in [2.24, 2.45) is 11.1 Å². The Hall–Kier alpha value is -0.650. The number of nitrogens with zero attached hydrogens (tertiary/aromatic N) is 1. The number of nitrogens with two attached hydrogens (primary N) is 1. The summed E-state index contributed by atoms with van der Waals surface area (Å²) in [4.78, 5) is 14.8. The van der Waals surface area contributed by atoms with E-state index < -0.39 is 0 Å². The zero-order valence-corrected chi connectivity index (χ0v) is 13.3. The van der Waals surface area contributed by atoms with Crippen molar-refractivity contribution in [2.45, 2.75) is 51.6 Å². The van der Waals surface area contributed by atoms with Gasteiger partial charge in [-0.15, -0.1) is 0 Å². The van der Waals surface area contributed by atoms with E-state index in [1.807, 2.05) is 11.8 Å². The normalized spacial score (nSPS) is 22.7. The van der Waals surface area contributed by atoms with E-state index in [9.17, 15) is 4.79 Å². The molecule has 1 aliphatic carbocycles. The van der Waals surface area contributed by atoms with Crippen LogP contribution in [0.4, 0.5) is 0 Å². The maximum atomic E-state index is 12.7. The van der Waals surface area contributed by atoms with E-state index in [0.29, 0.717) is 19.8 Å². The van der Waals surface area contributed by atoms with E-state index in [1.165, 1.54) is 0 Å². The van der Waals surface area contributed by atoms with E-state index in [2.05, 4.69) is 0 Å². The average Bonchev–Trinajstić information content (AvgIpc) is 3.02. The number of rotatable bonds is 7. The first kappa shape index (κ1) is 16.7. The fourth-order valence-corrected chi connectivity index (χ4v) is 3.54. The standard InChI is InChI=1S/C16H30N2O3/c1-2-20-11-12-21-14-5-9-18(10-6-14)15(19)16(13-17)7-3-4-8-16/h14H,2-13,17H2,1H3. The lowest BCUT2D eigenvalue weighted by atomic mass is 9.84. The van der Waals surface area contributed by atoms with Crippen molar-refractivity contribution in [2.75, 3.05) is 39.5 Å². The fourth-order valence-electron chi connectivity index (χ4n) is 3.54. The summed E-state index contributed by atoms with van der Waals surface area (Å²) in [7, 11) is 0. The lowest BCUT2D eigenvalue weighted by Crippen LogP contribution is -2.50. The Labute approximate surface area is 128 Å². The van der Waals surface area contributed by atoms with Crippen LogP contribution in [0.1, 0.15) is 45.4 Å². The summed E-state index contributed by atoms with van der Waals surface area (Å²) in [5.41, 5.74) is 5.65. The molecule has 0 aromatic carbocycles. The van der Waals surface area contributed by atoms with E-state index in [0.717, 1.165) is 58.2 Å². The number of hydrogen-bond donors (Lipinski definition) is 1. The van der Waals surface area contributed by atoms with Gasteiger partial charge in [0.2, 0.25) is 5.91 Å². The first-order valence-corrected chi connectivity index (χ1v) is 8.40. The summed E-state index contributed by atoms with van der Waals surface area (Å²) in [5.74, 6) is 0.287. The molecule has 5 heteroatoms. The summed E-state index contributed by atoms with van der Waals surface area (Å²) >= 11 is 0. The van der Waals surface area contributed by atoms with Gasteiger partial charge < -0.3 is 20.1 Å². The van der Waals surface area contributed by atoms with Crippen molar-refractivity contribution >= 4 is 5.91 Å². The summed E-state index contributed by atoms with van der Waals surface area (Å²) in [6.07, 6.45) is 6.34. The number of amides is 1. The topological polar surface area (TPSA) is 64.8 Å². The van der Waals surface area contributed by atoms with Crippen LogP contribution in [-0.4, -0.2) is 56.4 Å². The number of carbonyl (C=O) groups is 1. The van der Waals surface area contributed by atoms with Gasteiger partial charge in [0, 0.05) is 26.2 Å². The second-order valence-electron chi connectivity index (χ2n) is 6.25. The first-order chi connectivity index (χ1) is 10.2. The minimum Gasteiger partial charge on any atom is -0.379 e. The number of likely N-dealkylation sites (tertiary alicyclic amines) is 1. The smallest absolute Gasteiger partial charge is 0.230 e. The summed E-state index contributed by atoms with van der Waals surface area (Å²) in [5, 5.41) is 0. The van der Waals surface area contributed by atoms with Crippen LogP contribution >= 0.6 is 0 Å². The summed E-state index contributed by atoms with van der Waals surface area (Å²) in [6.45, 7) is 6.14. The lowest BCUT2D eigenvalue weighted by molar-refractivity contribution is -0.144. The number of ether oxygens (including phenoxy) is 2. The highest BCUT2D eigenvalue weighted by molar-refractivity contribution is 5.83. The first-order valence-electron chi connectivity index (χ1n) is 8.40. The van der Waals surface area contributed by atoms with Gasteiger partial charge in [0.1, 0.15) is 0 Å². The zero-order chi connectivity index (χ0) is 15.1. The van der Waals surface area contributed by atoms with Crippen molar-refractivity contribution in [1.82, 2.24) is 4.90 Å². The van der Waals surface area contributed by atoms with Gasteiger partial charge in [0.05, 0.1) is 24.7 Å². The van der Waals surface area contributed by atoms with Gasteiger partial charge in [0.15, 0.2) is 0 Å². The van der Waals surface area contributed by atoms with Gasteiger partial charge in [-0.25, -0.2) is 0 Å².